The third-order valence-electron chi connectivity index (χ3n) is 6.87. The Labute approximate surface area is 185 Å². The molecule has 1 N–H and O–H groups in total. The second-order valence-corrected chi connectivity index (χ2v) is 8.93. The largest absolute Gasteiger partial charge is 0.508 e. The number of hydrogen-bond donors (Lipinski definition) is 1. The lowest BCUT2D eigenvalue weighted by molar-refractivity contribution is -0.127. The first-order chi connectivity index (χ1) is 15.6. The highest BCUT2D eigenvalue weighted by Crippen LogP contribution is 2.63. The summed E-state index contributed by atoms with van der Waals surface area (Å²) >= 11 is 0. The number of phenolic OH excluding ortho intramolecular Hbond substituents is 1. The van der Waals surface area contributed by atoms with E-state index in [4.69, 9.17) is 0 Å². The smallest absolute Gasteiger partial charge is 0.416 e. The standard InChI is InChI=1S/C23H18F5N3O2/c24-17-6-5-14(32)7-15(17)20(33)31-11-21(12-31)8-13(9-21)22(16-3-1-2-4-18(16)25)19(10-29-30-22)23(26,27)28/h1-7,10,13,32H,8-9,11-12H2. The Hall–Kier alpha value is -3.30. The molecule has 1 saturated heterocycles. The van der Waals surface area contributed by atoms with E-state index in [1.807, 2.05) is 0 Å². The van der Waals surface area contributed by atoms with Gasteiger partial charge in [0, 0.05) is 24.1 Å². The summed E-state index contributed by atoms with van der Waals surface area (Å²) in [5.41, 5.74) is -3.87. The van der Waals surface area contributed by atoms with E-state index < -0.39 is 46.2 Å². The van der Waals surface area contributed by atoms with Crippen LogP contribution in [0.25, 0.3) is 0 Å². The molecular weight excluding hydrogens is 445 g/mol. The minimum Gasteiger partial charge on any atom is -0.508 e. The maximum Gasteiger partial charge on any atom is 0.416 e. The molecule has 2 heterocycles. The van der Waals surface area contributed by atoms with Gasteiger partial charge in [-0.25, -0.2) is 8.78 Å². The number of halogens is 5. The first-order valence-corrected chi connectivity index (χ1v) is 10.3. The molecule has 2 aliphatic heterocycles. The van der Waals surface area contributed by atoms with Crippen molar-refractivity contribution in [3.05, 3.63) is 77.0 Å². The molecule has 1 spiro atoms. The average molecular weight is 463 g/mol. The molecule has 1 unspecified atom stereocenters. The van der Waals surface area contributed by atoms with Crippen LogP contribution >= 0.6 is 0 Å². The van der Waals surface area contributed by atoms with Crippen LogP contribution in [0.2, 0.25) is 0 Å². The monoisotopic (exact) mass is 463 g/mol. The van der Waals surface area contributed by atoms with Crippen LogP contribution in [0.3, 0.4) is 0 Å². The predicted molar refractivity (Wildman–Crippen MR) is 106 cm³/mol. The van der Waals surface area contributed by atoms with Crippen LogP contribution in [-0.4, -0.2) is 35.2 Å². The van der Waals surface area contributed by atoms with Crippen LogP contribution in [0.15, 0.2) is 64.5 Å². The molecule has 10 heteroatoms. The van der Waals surface area contributed by atoms with E-state index in [9.17, 15) is 31.9 Å². The van der Waals surface area contributed by atoms with Crippen LogP contribution in [0, 0.1) is 23.0 Å². The van der Waals surface area contributed by atoms with Gasteiger partial charge in [0.05, 0.1) is 17.3 Å². The van der Waals surface area contributed by atoms with Crippen molar-refractivity contribution >= 4 is 5.91 Å². The van der Waals surface area contributed by atoms with Gasteiger partial charge in [-0.1, -0.05) is 18.2 Å². The van der Waals surface area contributed by atoms with Gasteiger partial charge in [-0.15, -0.1) is 0 Å². The van der Waals surface area contributed by atoms with Gasteiger partial charge in [-0.2, -0.15) is 23.4 Å². The topological polar surface area (TPSA) is 65.3 Å². The van der Waals surface area contributed by atoms with Crippen LogP contribution in [-0.2, 0) is 5.54 Å². The molecule has 2 aromatic rings. The molecule has 3 aliphatic rings. The van der Waals surface area contributed by atoms with Crippen molar-refractivity contribution in [1.29, 1.82) is 0 Å². The van der Waals surface area contributed by atoms with Crippen LogP contribution in [0.1, 0.15) is 28.8 Å². The Morgan fingerprint density at radius 3 is 2.42 bits per heavy atom. The van der Waals surface area contributed by atoms with Crippen molar-refractivity contribution in [2.45, 2.75) is 24.6 Å². The van der Waals surface area contributed by atoms with Gasteiger partial charge in [0.1, 0.15) is 22.9 Å². The molecule has 0 radical (unpaired) electrons. The highest BCUT2D eigenvalue weighted by atomic mass is 19.4. The van der Waals surface area contributed by atoms with E-state index in [0.717, 1.165) is 24.3 Å². The maximum absolute atomic E-state index is 14.7. The fraction of sp³-hybridized carbons (Fsp3) is 0.348. The number of azo groups is 1. The highest BCUT2D eigenvalue weighted by molar-refractivity contribution is 5.95. The zero-order chi connectivity index (χ0) is 23.6. The number of phenols is 1. The number of alkyl halides is 3. The minimum absolute atomic E-state index is 0.177. The maximum atomic E-state index is 14.7. The molecule has 2 fully saturated rings. The summed E-state index contributed by atoms with van der Waals surface area (Å²) in [6.45, 7) is 0.458. The number of likely N-dealkylation sites (tertiary alicyclic amines) is 1. The Morgan fingerprint density at radius 1 is 1.06 bits per heavy atom. The number of carbonyl (C=O) groups is 1. The first kappa shape index (κ1) is 21.5. The second kappa shape index (κ2) is 7.10. The summed E-state index contributed by atoms with van der Waals surface area (Å²) in [4.78, 5) is 14.0. The molecule has 1 amide bonds. The van der Waals surface area contributed by atoms with Gasteiger partial charge >= 0.3 is 6.18 Å². The lowest BCUT2D eigenvalue weighted by Gasteiger charge is -2.62. The van der Waals surface area contributed by atoms with E-state index in [1.54, 1.807) is 0 Å². The molecule has 5 nitrogen and oxygen atoms in total. The Bertz CT molecular complexity index is 1190. The molecule has 172 valence electrons. The molecule has 0 bridgehead atoms. The molecule has 1 saturated carbocycles. The van der Waals surface area contributed by atoms with Crippen molar-refractivity contribution < 1.29 is 31.9 Å². The summed E-state index contributed by atoms with van der Waals surface area (Å²) in [5, 5.41) is 17.0. The summed E-state index contributed by atoms with van der Waals surface area (Å²) in [5.74, 6) is -3.07. The highest BCUT2D eigenvalue weighted by Gasteiger charge is 2.65. The zero-order valence-electron chi connectivity index (χ0n) is 17.1. The van der Waals surface area contributed by atoms with E-state index >= 15 is 0 Å². The molecule has 2 aromatic carbocycles. The first-order valence-electron chi connectivity index (χ1n) is 10.3. The fourth-order valence-electron chi connectivity index (χ4n) is 5.40. The summed E-state index contributed by atoms with van der Waals surface area (Å²) < 4.78 is 70.3. The van der Waals surface area contributed by atoms with Crippen LogP contribution in [0.4, 0.5) is 22.0 Å². The van der Waals surface area contributed by atoms with E-state index in [1.165, 1.54) is 23.1 Å². The van der Waals surface area contributed by atoms with Gasteiger partial charge < -0.3 is 10.0 Å². The molecule has 5 rings (SSSR count). The van der Waals surface area contributed by atoms with Crippen molar-refractivity contribution in [2.75, 3.05) is 13.1 Å². The third-order valence-corrected chi connectivity index (χ3v) is 6.87. The summed E-state index contributed by atoms with van der Waals surface area (Å²) in [6.07, 6.45) is -3.54. The molecular formula is C23H18F5N3O2. The fourth-order valence-corrected chi connectivity index (χ4v) is 5.40. The Kier molecular flexibility index (Phi) is 4.63. The average Bonchev–Trinajstić information content (AvgIpc) is 3.14. The normalized spacial score (nSPS) is 23.9. The van der Waals surface area contributed by atoms with Gasteiger partial charge in [0.25, 0.3) is 5.91 Å². The van der Waals surface area contributed by atoms with Crippen molar-refractivity contribution in [2.24, 2.45) is 21.6 Å². The molecule has 1 atom stereocenters. The zero-order valence-corrected chi connectivity index (χ0v) is 17.1. The molecule has 33 heavy (non-hydrogen) atoms. The lowest BCUT2D eigenvalue weighted by atomic mass is 9.50. The van der Waals surface area contributed by atoms with Gasteiger partial charge in [0.15, 0.2) is 0 Å². The lowest BCUT2D eigenvalue weighted by Crippen LogP contribution is -2.66. The number of hydrogen-bond acceptors (Lipinski definition) is 4. The number of amides is 1. The number of aromatic hydroxyl groups is 1. The SMILES string of the molecule is O=C(c1cc(O)ccc1F)N1CC2(CC(C3(c4ccccc4F)N=NC=C3C(F)(F)F)C2)C1. The quantitative estimate of drug-likeness (QED) is 0.626. The predicted octanol–water partition coefficient (Wildman–Crippen LogP) is 5.33. The molecule has 1 aliphatic carbocycles. The van der Waals surface area contributed by atoms with E-state index in [2.05, 4.69) is 10.2 Å². The van der Waals surface area contributed by atoms with E-state index in [0.29, 0.717) is 6.20 Å². The van der Waals surface area contributed by atoms with Crippen LogP contribution in [0.5, 0.6) is 5.75 Å². The molecule has 0 aromatic heterocycles. The summed E-state index contributed by atoms with van der Waals surface area (Å²) in [6, 6.07) is 8.42. The third kappa shape index (κ3) is 3.22. The second-order valence-electron chi connectivity index (χ2n) is 8.93. The number of carbonyl (C=O) groups excluding carboxylic acids is 1. The van der Waals surface area contributed by atoms with E-state index in [-0.39, 0.29) is 42.8 Å². The van der Waals surface area contributed by atoms with Crippen LogP contribution < -0.4 is 0 Å². The van der Waals surface area contributed by atoms with Crippen molar-refractivity contribution in [3.63, 3.8) is 0 Å². The Morgan fingerprint density at radius 2 is 1.76 bits per heavy atom. The van der Waals surface area contributed by atoms with Gasteiger partial charge in [-0.3, -0.25) is 4.79 Å². The number of rotatable bonds is 3. The van der Waals surface area contributed by atoms with Crippen molar-refractivity contribution in [1.82, 2.24) is 4.90 Å². The Balaban J connectivity index is 1.38. The van der Waals surface area contributed by atoms with Gasteiger partial charge in [0.2, 0.25) is 0 Å². The minimum atomic E-state index is -4.75. The van der Waals surface area contributed by atoms with Crippen molar-refractivity contribution in [3.8, 4) is 5.75 Å². The summed E-state index contributed by atoms with van der Waals surface area (Å²) in [7, 11) is 0. The number of nitrogens with zero attached hydrogens (tertiary/aromatic N) is 3. The number of benzene rings is 2. The van der Waals surface area contributed by atoms with Gasteiger partial charge in [-0.05, 0) is 43.0 Å².